The van der Waals surface area contributed by atoms with Crippen molar-refractivity contribution in [2.24, 2.45) is 5.73 Å². The van der Waals surface area contributed by atoms with Crippen molar-refractivity contribution < 1.29 is 17.9 Å². The second-order valence-corrected chi connectivity index (χ2v) is 5.76. The highest BCUT2D eigenvalue weighted by Gasteiger charge is 2.35. The Kier molecular flexibility index (Phi) is 3.48. The Balaban J connectivity index is 2.10. The lowest BCUT2D eigenvalue weighted by Gasteiger charge is -2.26. The van der Waals surface area contributed by atoms with Gasteiger partial charge >= 0.3 is 5.63 Å². The zero-order chi connectivity index (χ0) is 18.4. The van der Waals surface area contributed by atoms with Crippen LogP contribution < -0.4 is 16.1 Å². The van der Waals surface area contributed by atoms with E-state index in [1.807, 2.05) is 6.07 Å². The quantitative estimate of drug-likeness (QED) is 0.679. The van der Waals surface area contributed by atoms with E-state index in [1.165, 1.54) is 0 Å². The maximum Gasteiger partial charge on any atom is 0.344 e. The van der Waals surface area contributed by atoms with Gasteiger partial charge in [-0.2, -0.15) is 5.26 Å². The van der Waals surface area contributed by atoms with E-state index in [0.717, 1.165) is 12.1 Å². The van der Waals surface area contributed by atoms with Crippen LogP contribution >= 0.6 is 0 Å². The lowest BCUT2D eigenvalue weighted by atomic mass is 9.84. The molecule has 4 rings (SSSR count). The molecule has 26 heavy (non-hydrogen) atoms. The minimum absolute atomic E-state index is 0.0283. The number of para-hydroxylation sites is 1. The maximum absolute atomic E-state index is 13.7. The largest absolute Gasteiger partial charge is 0.439 e. The van der Waals surface area contributed by atoms with Crippen molar-refractivity contribution in [2.75, 3.05) is 0 Å². The number of allylic oxidation sites excluding steroid dienone is 1. The number of ether oxygens (including phenoxy) is 1. The first-order valence-electron chi connectivity index (χ1n) is 7.59. The number of halogens is 2. The fraction of sp³-hybridized carbons (Fsp3) is 0.0526. The maximum atomic E-state index is 13.7. The minimum atomic E-state index is -1.10. The van der Waals surface area contributed by atoms with Gasteiger partial charge in [0, 0.05) is 6.07 Å². The Morgan fingerprint density at radius 2 is 1.81 bits per heavy atom. The van der Waals surface area contributed by atoms with E-state index < -0.39 is 23.2 Å². The Bertz CT molecular complexity index is 1170. The van der Waals surface area contributed by atoms with Crippen LogP contribution in [0.15, 0.2) is 63.1 Å². The van der Waals surface area contributed by atoms with Crippen LogP contribution in [0.1, 0.15) is 17.0 Å². The molecule has 2 N–H and O–H groups in total. The lowest BCUT2D eigenvalue weighted by Crippen LogP contribution is -2.26. The minimum Gasteiger partial charge on any atom is -0.439 e. The van der Waals surface area contributed by atoms with Crippen molar-refractivity contribution in [3.63, 3.8) is 0 Å². The van der Waals surface area contributed by atoms with E-state index in [1.54, 1.807) is 24.3 Å². The van der Waals surface area contributed by atoms with E-state index in [2.05, 4.69) is 0 Å². The Morgan fingerprint density at radius 1 is 1.12 bits per heavy atom. The number of fused-ring (bicyclic) bond motifs is 3. The highest BCUT2D eigenvalue weighted by molar-refractivity contribution is 5.86. The van der Waals surface area contributed by atoms with E-state index in [9.17, 15) is 18.8 Å². The molecule has 2 heterocycles. The fourth-order valence-corrected chi connectivity index (χ4v) is 3.14. The molecule has 0 unspecified atom stereocenters. The average Bonchev–Trinajstić information content (AvgIpc) is 2.60. The summed E-state index contributed by atoms with van der Waals surface area (Å²) in [5, 5.41) is 9.94. The summed E-state index contributed by atoms with van der Waals surface area (Å²) in [6.07, 6.45) is 0. The summed E-state index contributed by atoms with van der Waals surface area (Å²) in [5.74, 6) is -2.90. The third kappa shape index (κ3) is 2.31. The van der Waals surface area contributed by atoms with E-state index >= 15 is 0 Å². The van der Waals surface area contributed by atoms with Crippen molar-refractivity contribution in [3.8, 4) is 11.8 Å². The summed E-state index contributed by atoms with van der Waals surface area (Å²) in [7, 11) is 0. The molecule has 1 aliphatic heterocycles. The molecule has 7 heteroatoms. The first-order valence-corrected chi connectivity index (χ1v) is 7.59. The second-order valence-electron chi connectivity index (χ2n) is 5.76. The number of rotatable bonds is 1. The molecule has 0 saturated carbocycles. The van der Waals surface area contributed by atoms with Crippen molar-refractivity contribution in [1.82, 2.24) is 0 Å². The summed E-state index contributed by atoms with van der Waals surface area (Å²) >= 11 is 0. The molecule has 0 radical (unpaired) electrons. The summed E-state index contributed by atoms with van der Waals surface area (Å²) in [5.41, 5.74) is 5.28. The van der Waals surface area contributed by atoms with Crippen LogP contribution in [0, 0.1) is 23.0 Å². The SMILES string of the molecule is N#CC1=C(N)Oc2c(c(=O)oc3ccccc23)[C@H]1c1cc(F)cc(F)c1. The number of hydrogen-bond donors (Lipinski definition) is 1. The molecule has 5 nitrogen and oxygen atoms in total. The molecule has 1 aromatic heterocycles. The Morgan fingerprint density at radius 3 is 2.50 bits per heavy atom. The van der Waals surface area contributed by atoms with Gasteiger partial charge < -0.3 is 14.9 Å². The van der Waals surface area contributed by atoms with Crippen LogP contribution in [0.3, 0.4) is 0 Å². The van der Waals surface area contributed by atoms with E-state index in [-0.39, 0.29) is 33.9 Å². The molecule has 0 amide bonds. The molecule has 0 bridgehead atoms. The van der Waals surface area contributed by atoms with Gasteiger partial charge in [-0.3, -0.25) is 0 Å². The van der Waals surface area contributed by atoms with Gasteiger partial charge in [-0.05, 0) is 29.8 Å². The van der Waals surface area contributed by atoms with Crippen molar-refractivity contribution in [3.05, 3.63) is 87.1 Å². The third-order valence-electron chi connectivity index (χ3n) is 4.19. The van der Waals surface area contributed by atoms with Crippen LogP contribution in [-0.4, -0.2) is 0 Å². The van der Waals surface area contributed by atoms with Crippen LogP contribution in [-0.2, 0) is 0 Å². The van der Waals surface area contributed by atoms with Crippen LogP contribution in [0.2, 0.25) is 0 Å². The molecule has 0 aliphatic carbocycles. The molecule has 0 saturated heterocycles. The monoisotopic (exact) mass is 352 g/mol. The third-order valence-corrected chi connectivity index (χ3v) is 4.19. The zero-order valence-electron chi connectivity index (χ0n) is 13.1. The highest BCUT2D eigenvalue weighted by Crippen LogP contribution is 2.43. The number of hydrogen-bond acceptors (Lipinski definition) is 5. The summed E-state index contributed by atoms with van der Waals surface area (Å²) in [6, 6.07) is 11.3. The smallest absolute Gasteiger partial charge is 0.344 e. The summed E-state index contributed by atoms with van der Waals surface area (Å²) < 4.78 is 38.3. The highest BCUT2D eigenvalue weighted by atomic mass is 19.1. The predicted octanol–water partition coefficient (Wildman–Crippen LogP) is 3.29. The van der Waals surface area contributed by atoms with Gasteiger partial charge in [-0.15, -0.1) is 0 Å². The van der Waals surface area contributed by atoms with Gasteiger partial charge in [0.1, 0.15) is 28.9 Å². The second kappa shape index (κ2) is 5.70. The number of benzene rings is 2. The van der Waals surface area contributed by atoms with Gasteiger partial charge in [-0.1, -0.05) is 12.1 Å². The first-order chi connectivity index (χ1) is 12.5. The summed E-state index contributed by atoms with van der Waals surface area (Å²) in [4.78, 5) is 12.6. The van der Waals surface area contributed by atoms with Gasteiger partial charge in [0.2, 0.25) is 5.88 Å². The van der Waals surface area contributed by atoms with Gasteiger partial charge in [0.05, 0.1) is 16.9 Å². The topological polar surface area (TPSA) is 89.3 Å². The fourth-order valence-electron chi connectivity index (χ4n) is 3.14. The van der Waals surface area contributed by atoms with Crippen molar-refractivity contribution in [2.45, 2.75) is 5.92 Å². The van der Waals surface area contributed by atoms with Crippen LogP contribution in [0.5, 0.6) is 5.75 Å². The molecule has 0 fully saturated rings. The molecule has 2 aromatic carbocycles. The van der Waals surface area contributed by atoms with Crippen molar-refractivity contribution in [1.29, 1.82) is 5.26 Å². The van der Waals surface area contributed by atoms with Gasteiger partial charge in [0.15, 0.2) is 5.75 Å². The van der Waals surface area contributed by atoms with E-state index in [0.29, 0.717) is 11.5 Å². The predicted molar refractivity (Wildman–Crippen MR) is 88.1 cm³/mol. The zero-order valence-corrected chi connectivity index (χ0v) is 13.1. The average molecular weight is 352 g/mol. The standard InChI is InChI=1S/C19H10F2N2O3/c20-10-5-9(6-11(21)7-10)15-13(8-22)18(23)26-17-12-3-1-2-4-14(12)25-19(24)16(15)17/h1-7,15H,23H2/t15-/m0/s1. The van der Waals surface area contributed by atoms with Gasteiger partial charge in [0.25, 0.3) is 0 Å². The van der Waals surface area contributed by atoms with Crippen molar-refractivity contribution >= 4 is 11.0 Å². The van der Waals surface area contributed by atoms with Crippen LogP contribution in [0.25, 0.3) is 11.0 Å². The molecule has 3 aromatic rings. The molecule has 0 spiro atoms. The Labute approximate surface area is 145 Å². The molecule has 1 atom stereocenters. The normalized spacial score (nSPS) is 16.1. The first kappa shape index (κ1) is 15.8. The van der Waals surface area contributed by atoms with E-state index in [4.69, 9.17) is 14.9 Å². The number of nitrogens with zero attached hydrogens (tertiary/aromatic N) is 1. The molecule has 1 aliphatic rings. The molecule has 128 valence electrons. The summed E-state index contributed by atoms with van der Waals surface area (Å²) in [6.45, 7) is 0. The molecular formula is C19H10F2N2O3. The Hall–Kier alpha value is -3.66. The van der Waals surface area contributed by atoms with Crippen LogP contribution in [0.4, 0.5) is 8.78 Å². The molecular weight excluding hydrogens is 342 g/mol. The number of nitrogens with two attached hydrogens (primary N) is 1. The van der Waals surface area contributed by atoms with Gasteiger partial charge in [-0.25, -0.2) is 13.6 Å². The number of nitriles is 1. The lowest BCUT2D eigenvalue weighted by molar-refractivity contribution is 0.388.